The van der Waals surface area contributed by atoms with Crippen LogP contribution in [0.3, 0.4) is 0 Å². The van der Waals surface area contributed by atoms with Crippen LogP contribution in [0, 0.1) is 0 Å². The number of carbonyl (C=O) groups is 3. The number of nitrogens with one attached hydrogen (secondary N) is 1. The molecule has 0 radical (unpaired) electrons. The number of halogens is 1. The second kappa shape index (κ2) is 10.2. The van der Waals surface area contributed by atoms with Crippen molar-refractivity contribution in [3.63, 3.8) is 0 Å². The highest BCUT2D eigenvalue weighted by Gasteiger charge is 2.26. The lowest BCUT2D eigenvalue weighted by Gasteiger charge is -2.35. The third kappa shape index (κ3) is 5.26. The molecule has 1 fully saturated rings. The maximum absolute atomic E-state index is 13.1. The lowest BCUT2D eigenvalue weighted by molar-refractivity contribution is 0.0535. The number of nitrogens with zero attached hydrogens (tertiary/aromatic N) is 2. The van der Waals surface area contributed by atoms with Gasteiger partial charge in [0.25, 0.3) is 17.7 Å². The summed E-state index contributed by atoms with van der Waals surface area (Å²) in [6, 6.07) is 16.1. The van der Waals surface area contributed by atoms with Crippen LogP contribution in [0.25, 0.3) is 0 Å². The van der Waals surface area contributed by atoms with Crippen molar-refractivity contribution in [1.82, 2.24) is 9.80 Å². The highest BCUT2D eigenvalue weighted by molar-refractivity contribution is 7.12. The Morgan fingerprint density at radius 3 is 2.09 bits per heavy atom. The molecule has 2 heterocycles. The zero-order valence-electron chi connectivity index (χ0n) is 18.2. The average Bonchev–Trinajstić information content (AvgIpc) is 3.40. The Morgan fingerprint density at radius 2 is 1.52 bits per heavy atom. The van der Waals surface area contributed by atoms with Crippen molar-refractivity contribution < 1.29 is 14.4 Å². The minimum absolute atomic E-state index is 0.0187. The second-order valence-corrected chi connectivity index (χ2v) is 9.12. The quantitative estimate of drug-likeness (QED) is 0.568. The molecule has 170 valence electrons. The molecule has 0 spiro atoms. The number of thiophene rings is 1. The summed E-state index contributed by atoms with van der Waals surface area (Å²) in [5.74, 6) is -0.442. The number of carbonyl (C=O) groups excluding carboxylic acids is 3. The van der Waals surface area contributed by atoms with Crippen LogP contribution in [-0.4, -0.2) is 53.7 Å². The summed E-state index contributed by atoms with van der Waals surface area (Å²) in [5.41, 5.74) is 2.69. The van der Waals surface area contributed by atoms with Crippen molar-refractivity contribution in [2.45, 2.75) is 13.3 Å². The third-order valence-corrected chi connectivity index (χ3v) is 6.87. The van der Waals surface area contributed by atoms with Gasteiger partial charge < -0.3 is 15.1 Å². The van der Waals surface area contributed by atoms with E-state index in [4.69, 9.17) is 11.6 Å². The molecule has 3 amide bonds. The molecule has 0 saturated carbocycles. The first kappa shape index (κ1) is 23.0. The summed E-state index contributed by atoms with van der Waals surface area (Å²) in [7, 11) is 0. The van der Waals surface area contributed by atoms with E-state index in [1.807, 2.05) is 29.6 Å². The molecule has 3 aromatic rings. The zero-order valence-corrected chi connectivity index (χ0v) is 19.8. The van der Waals surface area contributed by atoms with Gasteiger partial charge in [0, 0.05) is 37.3 Å². The number of amides is 3. The molecule has 4 rings (SSSR count). The smallest absolute Gasteiger partial charge is 0.265 e. The van der Waals surface area contributed by atoms with Gasteiger partial charge in [-0.05, 0) is 53.8 Å². The van der Waals surface area contributed by atoms with E-state index in [-0.39, 0.29) is 17.7 Å². The molecule has 6 nitrogen and oxygen atoms in total. The largest absolute Gasteiger partial charge is 0.335 e. The molecule has 0 unspecified atom stereocenters. The molecule has 0 aliphatic carbocycles. The summed E-state index contributed by atoms with van der Waals surface area (Å²) in [5, 5.41) is 4.96. The van der Waals surface area contributed by atoms with Gasteiger partial charge in [-0.25, -0.2) is 0 Å². The molecular weight excluding hydrogens is 458 g/mol. The van der Waals surface area contributed by atoms with E-state index in [9.17, 15) is 14.4 Å². The SMILES string of the molecule is CCc1ccc(C(=O)N2CCN(C(=O)c3ccc(Cl)c(NC(=O)c4cccs4)c3)CC2)cc1. The Bertz CT molecular complexity index is 1150. The normalized spacial score (nSPS) is 13.6. The van der Waals surface area contributed by atoms with E-state index in [1.165, 1.54) is 16.9 Å². The van der Waals surface area contributed by atoms with E-state index in [1.54, 1.807) is 40.1 Å². The number of hydrogen-bond donors (Lipinski definition) is 1. The molecular formula is C25H24ClN3O3S. The van der Waals surface area contributed by atoms with Crippen LogP contribution in [0.15, 0.2) is 60.0 Å². The average molecular weight is 482 g/mol. The molecule has 0 atom stereocenters. The Kier molecular flexibility index (Phi) is 7.11. The fourth-order valence-electron chi connectivity index (χ4n) is 3.71. The highest BCUT2D eigenvalue weighted by atomic mass is 35.5. The third-order valence-electron chi connectivity index (χ3n) is 5.67. The van der Waals surface area contributed by atoms with E-state index >= 15 is 0 Å². The first-order valence-corrected chi connectivity index (χ1v) is 12.0. The first-order chi connectivity index (χ1) is 16.0. The Morgan fingerprint density at radius 1 is 0.909 bits per heavy atom. The van der Waals surface area contributed by atoms with Gasteiger partial charge in [0.05, 0.1) is 15.6 Å². The molecule has 0 bridgehead atoms. The van der Waals surface area contributed by atoms with E-state index < -0.39 is 0 Å². The van der Waals surface area contributed by atoms with Crippen LogP contribution >= 0.6 is 22.9 Å². The van der Waals surface area contributed by atoms with Crippen molar-refractivity contribution in [3.05, 3.63) is 86.6 Å². The number of rotatable bonds is 5. The van der Waals surface area contributed by atoms with Crippen LogP contribution in [0.1, 0.15) is 42.9 Å². The van der Waals surface area contributed by atoms with Gasteiger partial charge in [0.1, 0.15) is 0 Å². The summed E-state index contributed by atoms with van der Waals surface area (Å²) in [4.78, 5) is 42.3. The maximum atomic E-state index is 13.1. The van der Waals surface area contributed by atoms with Gasteiger partial charge >= 0.3 is 0 Å². The standard InChI is InChI=1S/C25H24ClN3O3S/c1-2-17-5-7-18(8-6-17)24(31)28-11-13-29(14-12-28)25(32)19-9-10-20(26)21(16-19)27-23(30)22-4-3-15-33-22/h3-10,15-16H,2,11-14H2,1H3,(H,27,30). The zero-order chi connectivity index (χ0) is 23.4. The van der Waals surface area contributed by atoms with Crippen LogP contribution in [0.5, 0.6) is 0 Å². The minimum atomic E-state index is -0.268. The fourth-order valence-corrected chi connectivity index (χ4v) is 4.49. The Hall–Kier alpha value is -3.16. The molecule has 1 saturated heterocycles. The van der Waals surface area contributed by atoms with Crippen LogP contribution in [0.2, 0.25) is 5.02 Å². The monoisotopic (exact) mass is 481 g/mol. The van der Waals surface area contributed by atoms with Crippen molar-refractivity contribution in [3.8, 4) is 0 Å². The van der Waals surface area contributed by atoms with E-state index in [0.717, 1.165) is 6.42 Å². The van der Waals surface area contributed by atoms with Crippen molar-refractivity contribution in [2.75, 3.05) is 31.5 Å². The summed E-state index contributed by atoms with van der Waals surface area (Å²) in [6.45, 7) is 3.90. The first-order valence-electron chi connectivity index (χ1n) is 10.8. The van der Waals surface area contributed by atoms with Gasteiger partial charge in [0.15, 0.2) is 0 Å². The predicted molar refractivity (Wildman–Crippen MR) is 131 cm³/mol. The topological polar surface area (TPSA) is 69.7 Å². The fraction of sp³-hybridized carbons (Fsp3) is 0.240. The van der Waals surface area contributed by atoms with Gasteiger partial charge in [0.2, 0.25) is 0 Å². The van der Waals surface area contributed by atoms with Crippen molar-refractivity contribution in [1.29, 1.82) is 0 Å². The number of anilines is 1. The molecule has 1 aliphatic rings. The van der Waals surface area contributed by atoms with Crippen LogP contribution in [0.4, 0.5) is 5.69 Å². The van der Waals surface area contributed by atoms with Gasteiger partial charge in [-0.2, -0.15) is 0 Å². The number of piperazine rings is 1. The van der Waals surface area contributed by atoms with Gasteiger partial charge in [-0.15, -0.1) is 11.3 Å². The second-order valence-electron chi connectivity index (χ2n) is 7.76. The van der Waals surface area contributed by atoms with Crippen molar-refractivity contribution >= 4 is 46.3 Å². The highest BCUT2D eigenvalue weighted by Crippen LogP contribution is 2.25. The van der Waals surface area contributed by atoms with Crippen LogP contribution < -0.4 is 5.32 Å². The summed E-state index contributed by atoms with van der Waals surface area (Å²) in [6.07, 6.45) is 0.930. The molecule has 8 heteroatoms. The molecule has 1 aliphatic heterocycles. The minimum Gasteiger partial charge on any atom is -0.335 e. The number of benzene rings is 2. The Balaban J connectivity index is 1.39. The molecule has 1 aromatic heterocycles. The number of aryl methyl sites for hydroxylation is 1. The van der Waals surface area contributed by atoms with Crippen LogP contribution in [-0.2, 0) is 6.42 Å². The molecule has 33 heavy (non-hydrogen) atoms. The van der Waals surface area contributed by atoms with E-state index in [0.29, 0.717) is 52.9 Å². The number of hydrogen-bond acceptors (Lipinski definition) is 4. The lowest BCUT2D eigenvalue weighted by atomic mass is 10.1. The van der Waals surface area contributed by atoms with E-state index in [2.05, 4.69) is 12.2 Å². The van der Waals surface area contributed by atoms with Crippen molar-refractivity contribution in [2.24, 2.45) is 0 Å². The summed E-state index contributed by atoms with van der Waals surface area (Å²) < 4.78 is 0. The van der Waals surface area contributed by atoms with Gasteiger partial charge in [-0.1, -0.05) is 36.7 Å². The molecule has 2 aromatic carbocycles. The Labute approximate surface area is 201 Å². The summed E-state index contributed by atoms with van der Waals surface area (Å²) >= 11 is 7.57. The predicted octanol–water partition coefficient (Wildman–Crippen LogP) is 4.81. The van der Waals surface area contributed by atoms with Gasteiger partial charge in [-0.3, -0.25) is 14.4 Å². The molecule has 1 N–H and O–H groups in total. The lowest BCUT2D eigenvalue weighted by Crippen LogP contribution is -2.50. The maximum Gasteiger partial charge on any atom is 0.265 e.